The maximum Gasteiger partial charge on any atom is 0.0168 e. The standard InChI is InChI=1S/C8H12N/c1-2-4-8-6-9-5-7(8)3-1/h1-2,7-8H,3-6H2. The van der Waals surface area contributed by atoms with Crippen molar-refractivity contribution in [2.75, 3.05) is 13.1 Å². The highest BCUT2D eigenvalue weighted by Gasteiger charge is 2.27. The van der Waals surface area contributed by atoms with Crippen LogP contribution in [0, 0.1) is 11.8 Å². The Hall–Kier alpha value is -0.300. The minimum absolute atomic E-state index is 0.912. The largest absolute Gasteiger partial charge is 0.241 e. The van der Waals surface area contributed by atoms with E-state index < -0.39 is 0 Å². The summed E-state index contributed by atoms with van der Waals surface area (Å²) in [5, 5.41) is 4.39. The lowest BCUT2D eigenvalue weighted by atomic mass is 9.86. The van der Waals surface area contributed by atoms with Gasteiger partial charge < -0.3 is 0 Å². The zero-order valence-electron chi connectivity index (χ0n) is 5.59. The van der Waals surface area contributed by atoms with E-state index in [1.165, 1.54) is 12.8 Å². The Kier molecular flexibility index (Phi) is 1.31. The molecule has 1 heterocycles. The van der Waals surface area contributed by atoms with Gasteiger partial charge in [-0.2, -0.15) is 0 Å². The van der Waals surface area contributed by atoms with Gasteiger partial charge in [0.25, 0.3) is 0 Å². The van der Waals surface area contributed by atoms with Crippen LogP contribution in [0.25, 0.3) is 0 Å². The van der Waals surface area contributed by atoms with E-state index in [1.54, 1.807) is 0 Å². The molecule has 1 aliphatic carbocycles. The summed E-state index contributed by atoms with van der Waals surface area (Å²) < 4.78 is 0. The maximum atomic E-state index is 4.39. The lowest BCUT2D eigenvalue weighted by molar-refractivity contribution is 0.411. The predicted molar refractivity (Wildman–Crippen MR) is 37.2 cm³/mol. The Bertz CT molecular complexity index is 115. The Morgan fingerprint density at radius 3 is 2.11 bits per heavy atom. The number of fused-ring (bicyclic) bond motifs is 1. The second-order valence-electron chi connectivity index (χ2n) is 3.05. The number of hydrogen-bond acceptors (Lipinski definition) is 0. The summed E-state index contributed by atoms with van der Waals surface area (Å²) in [5.74, 6) is 1.82. The first-order valence-corrected chi connectivity index (χ1v) is 3.75. The zero-order chi connectivity index (χ0) is 6.10. The van der Waals surface area contributed by atoms with Crippen LogP contribution < -0.4 is 5.32 Å². The van der Waals surface area contributed by atoms with Gasteiger partial charge in [0.1, 0.15) is 0 Å². The quantitative estimate of drug-likeness (QED) is 0.428. The van der Waals surface area contributed by atoms with E-state index in [-0.39, 0.29) is 0 Å². The monoisotopic (exact) mass is 122 g/mol. The topological polar surface area (TPSA) is 14.1 Å². The summed E-state index contributed by atoms with van der Waals surface area (Å²) in [6.45, 7) is 2.27. The second kappa shape index (κ2) is 2.14. The van der Waals surface area contributed by atoms with Crippen LogP contribution in [0.5, 0.6) is 0 Å². The molecule has 1 saturated heterocycles. The number of allylic oxidation sites excluding steroid dienone is 2. The number of rotatable bonds is 0. The molecule has 0 bridgehead atoms. The van der Waals surface area contributed by atoms with Crippen LogP contribution in [0.15, 0.2) is 12.2 Å². The van der Waals surface area contributed by atoms with E-state index in [4.69, 9.17) is 0 Å². The fourth-order valence-corrected chi connectivity index (χ4v) is 1.78. The van der Waals surface area contributed by atoms with Gasteiger partial charge in [0, 0.05) is 13.1 Å². The zero-order valence-corrected chi connectivity index (χ0v) is 5.59. The number of nitrogens with zero attached hydrogens (tertiary/aromatic N) is 1. The minimum Gasteiger partial charge on any atom is -0.241 e. The summed E-state index contributed by atoms with van der Waals surface area (Å²) >= 11 is 0. The van der Waals surface area contributed by atoms with E-state index in [1.807, 2.05) is 0 Å². The third-order valence-electron chi connectivity index (χ3n) is 2.44. The molecule has 0 aromatic carbocycles. The van der Waals surface area contributed by atoms with Gasteiger partial charge in [0.2, 0.25) is 0 Å². The van der Waals surface area contributed by atoms with Crippen LogP contribution in [-0.4, -0.2) is 13.1 Å². The molecular formula is C8H12N. The molecule has 2 aliphatic rings. The van der Waals surface area contributed by atoms with Crippen molar-refractivity contribution in [1.82, 2.24) is 5.32 Å². The van der Waals surface area contributed by atoms with Gasteiger partial charge in [-0.25, -0.2) is 5.32 Å². The van der Waals surface area contributed by atoms with Crippen molar-refractivity contribution in [3.8, 4) is 0 Å². The Morgan fingerprint density at radius 2 is 1.56 bits per heavy atom. The Labute approximate surface area is 56.1 Å². The third kappa shape index (κ3) is 0.897. The molecule has 2 unspecified atom stereocenters. The molecule has 49 valence electrons. The van der Waals surface area contributed by atoms with Crippen LogP contribution >= 0.6 is 0 Å². The summed E-state index contributed by atoms with van der Waals surface area (Å²) in [7, 11) is 0. The van der Waals surface area contributed by atoms with Crippen molar-refractivity contribution in [3.63, 3.8) is 0 Å². The molecule has 0 amide bonds. The normalized spacial score (nSPS) is 40.9. The smallest absolute Gasteiger partial charge is 0.0168 e. The lowest BCUT2D eigenvalue weighted by Crippen LogP contribution is -2.13. The first-order chi connectivity index (χ1) is 4.47. The van der Waals surface area contributed by atoms with Gasteiger partial charge in [-0.1, -0.05) is 12.2 Å². The van der Waals surface area contributed by atoms with Gasteiger partial charge in [-0.05, 0) is 24.7 Å². The van der Waals surface area contributed by atoms with Crippen molar-refractivity contribution in [1.29, 1.82) is 0 Å². The molecule has 1 radical (unpaired) electrons. The molecule has 0 aromatic heterocycles. The Morgan fingerprint density at radius 1 is 1.00 bits per heavy atom. The molecule has 1 aliphatic heterocycles. The molecule has 1 fully saturated rings. The van der Waals surface area contributed by atoms with Crippen molar-refractivity contribution in [2.24, 2.45) is 11.8 Å². The SMILES string of the molecule is C1=CCC2C[N]CC2C1. The van der Waals surface area contributed by atoms with Gasteiger partial charge in [-0.15, -0.1) is 0 Å². The average Bonchev–Trinajstić information content (AvgIpc) is 2.33. The van der Waals surface area contributed by atoms with E-state index >= 15 is 0 Å². The van der Waals surface area contributed by atoms with Crippen LogP contribution in [0.4, 0.5) is 0 Å². The van der Waals surface area contributed by atoms with E-state index in [2.05, 4.69) is 17.5 Å². The van der Waals surface area contributed by atoms with E-state index in [0.29, 0.717) is 0 Å². The minimum atomic E-state index is 0.912. The predicted octanol–water partition coefficient (Wildman–Crippen LogP) is 1.19. The summed E-state index contributed by atoms with van der Waals surface area (Å²) in [5.41, 5.74) is 0. The molecule has 1 nitrogen and oxygen atoms in total. The highest BCUT2D eigenvalue weighted by molar-refractivity contribution is 4.98. The van der Waals surface area contributed by atoms with Crippen molar-refractivity contribution in [3.05, 3.63) is 12.2 Å². The molecule has 0 N–H and O–H groups in total. The van der Waals surface area contributed by atoms with Gasteiger partial charge >= 0.3 is 0 Å². The van der Waals surface area contributed by atoms with Crippen LogP contribution in [0.3, 0.4) is 0 Å². The fourth-order valence-electron chi connectivity index (χ4n) is 1.78. The van der Waals surface area contributed by atoms with Gasteiger partial charge in [0.15, 0.2) is 0 Å². The molecule has 0 aromatic rings. The van der Waals surface area contributed by atoms with E-state index in [0.717, 1.165) is 24.9 Å². The first kappa shape index (κ1) is 5.48. The number of hydrogen-bond donors (Lipinski definition) is 0. The Balaban J connectivity index is 2.07. The van der Waals surface area contributed by atoms with Crippen molar-refractivity contribution >= 4 is 0 Å². The van der Waals surface area contributed by atoms with Gasteiger partial charge in [0.05, 0.1) is 0 Å². The van der Waals surface area contributed by atoms with Crippen molar-refractivity contribution in [2.45, 2.75) is 12.8 Å². The molecule has 2 rings (SSSR count). The first-order valence-electron chi connectivity index (χ1n) is 3.75. The second-order valence-corrected chi connectivity index (χ2v) is 3.05. The van der Waals surface area contributed by atoms with E-state index in [9.17, 15) is 0 Å². The molecular weight excluding hydrogens is 110 g/mol. The molecule has 1 heteroatoms. The summed E-state index contributed by atoms with van der Waals surface area (Å²) in [4.78, 5) is 0. The molecule has 9 heavy (non-hydrogen) atoms. The highest BCUT2D eigenvalue weighted by atomic mass is 14.9. The molecule has 0 saturated carbocycles. The molecule has 2 atom stereocenters. The summed E-state index contributed by atoms with van der Waals surface area (Å²) in [6, 6.07) is 0. The average molecular weight is 122 g/mol. The third-order valence-corrected chi connectivity index (χ3v) is 2.44. The van der Waals surface area contributed by atoms with Gasteiger partial charge in [-0.3, -0.25) is 0 Å². The lowest BCUT2D eigenvalue weighted by Gasteiger charge is -2.18. The fraction of sp³-hybridized carbons (Fsp3) is 0.750. The van der Waals surface area contributed by atoms with Crippen LogP contribution in [-0.2, 0) is 0 Å². The summed E-state index contributed by atoms with van der Waals surface area (Å²) in [6.07, 6.45) is 7.19. The highest BCUT2D eigenvalue weighted by Crippen LogP contribution is 2.28. The van der Waals surface area contributed by atoms with Crippen molar-refractivity contribution < 1.29 is 0 Å². The van der Waals surface area contributed by atoms with Crippen LogP contribution in [0.2, 0.25) is 0 Å². The molecule has 0 spiro atoms. The maximum absolute atomic E-state index is 4.39. The van der Waals surface area contributed by atoms with Crippen LogP contribution in [0.1, 0.15) is 12.8 Å².